The highest BCUT2D eigenvalue weighted by atomic mass is 16.1. The number of carbonyl (C=O) groups is 1. The molecule has 1 aliphatic heterocycles. The molecule has 0 radical (unpaired) electrons. The molecule has 1 amide bonds. The number of hydrogen-bond acceptors (Lipinski definition) is 3. The molecule has 3 rings (SSSR count). The minimum atomic E-state index is -0.00261. The van der Waals surface area contributed by atoms with Crippen LogP contribution in [0.4, 0.5) is 0 Å². The summed E-state index contributed by atoms with van der Waals surface area (Å²) in [5.41, 5.74) is 2.67. The molecule has 0 unspecified atom stereocenters. The average molecular weight is 284 g/mol. The number of rotatable bonds is 4. The van der Waals surface area contributed by atoms with E-state index in [2.05, 4.69) is 15.6 Å². The molecule has 3 heterocycles. The predicted octanol–water partition coefficient (Wildman–Crippen LogP) is 1.44. The molecule has 0 aliphatic carbocycles. The lowest BCUT2D eigenvalue weighted by atomic mass is 10.0. The van der Waals surface area contributed by atoms with E-state index in [1.807, 2.05) is 42.7 Å². The third-order valence-electron chi connectivity index (χ3n) is 3.97. The number of nitrogens with one attached hydrogen (secondary N) is 2. The van der Waals surface area contributed by atoms with E-state index in [1.54, 1.807) is 6.20 Å². The molecule has 0 saturated carbocycles. The summed E-state index contributed by atoms with van der Waals surface area (Å²) in [7, 11) is 0. The lowest BCUT2D eigenvalue weighted by Crippen LogP contribution is -2.48. The molecule has 5 heteroatoms. The van der Waals surface area contributed by atoms with Crippen LogP contribution in [0.2, 0.25) is 0 Å². The largest absolute Gasteiger partial charge is 0.352 e. The fourth-order valence-corrected chi connectivity index (χ4v) is 2.66. The third kappa shape index (κ3) is 2.69. The number of nitrogens with zero attached hydrogens (tertiary/aromatic N) is 2. The van der Waals surface area contributed by atoms with E-state index in [0.29, 0.717) is 5.92 Å². The van der Waals surface area contributed by atoms with E-state index in [9.17, 15) is 4.79 Å². The second-order valence-corrected chi connectivity index (χ2v) is 5.54. The fourth-order valence-electron chi connectivity index (χ4n) is 2.66. The Labute approximate surface area is 124 Å². The summed E-state index contributed by atoms with van der Waals surface area (Å²) in [4.78, 5) is 16.7. The van der Waals surface area contributed by atoms with Gasteiger partial charge in [-0.05, 0) is 32.0 Å². The van der Waals surface area contributed by atoms with Crippen LogP contribution in [0.5, 0.6) is 0 Å². The van der Waals surface area contributed by atoms with E-state index in [-0.39, 0.29) is 5.91 Å². The molecule has 0 spiro atoms. The normalized spacial score (nSPS) is 14.8. The van der Waals surface area contributed by atoms with Gasteiger partial charge in [0.1, 0.15) is 5.82 Å². The molecule has 2 aromatic rings. The highest BCUT2D eigenvalue weighted by Gasteiger charge is 2.20. The highest BCUT2D eigenvalue weighted by molar-refractivity contribution is 5.95. The molecule has 21 heavy (non-hydrogen) atoms. The van der Waals surface area contributed by atoms with Crippen molar-refractivity contribution in [2.75, 3.05) is 19.6 Å². The average Bonchev–Trinajstić information content (AvgIpc) is 2.73. The maximum absolute atomic E-state index is 12.3. The molecule has 0 bridgehead atoms. The van der Waals surface area contributed by atoms with Crippen LogP contribution in [0.1, 0.15) is 21.7 Å². The first kappa shape index (κ1) is 13.8. The van der Waals surface area contributed by atoms with Crippen molar-refractivity contribution in [3.05, 3.63) is 47.4 Å². The molecular weight excluding hydrogens is 264 g/mol. The van der Waals surface area contributed by atoms with Gasteiger partial charge in [-0.1, -0.05) is 6.07 Å². The van der Waals surface area contributed by atoms with Gasteiger partial charge >= 0.3 is 0 Å². The van der Waals surface area contributed by atoms with Gasteiger partial charge in [-0.15, -0.1) is 0 Å². The van der Waals surface area contributed by atoms with E-state index >= 15 is 0 Å². The van der Waals surface area contributed by atoms with Crippen LogP contribution in [-0.4, -0.2) is 35.1 Å². The maximum atomic E-state index is 12.3. The number of aromatic nitrogens is 2. The third-order valence-corrected chi connectivity index (χ3v) is 3.97. The van der Waals surface area contributed by atoms with E-state index in [0.717, 1.165) is 42.4 Å². The van der Waals surface area contributed by atoms with Crippen LogP contribution >= 0.6 is 0 Å². The van der Waals surface area contributed by atoms with Crippen LogP contribution in [-0.2, 0) is 0 Å². The Morgan fingerprint density at radius 3 is 2.86 bits per heavy atom. The molecule has 5 nitrogen and oxygen atoms in total. The van der Waals surface area contributed by atoms with Crippen molar-refractivity contribution in [2.45, 2.75) is 13.8 Å². The Balaban J connectivity index is 1.81. The number of aryl methyl sites for hydroxylation is 1. The van der Waals surface area contributed by atoms with E-state index < -0.39 is 0 Å². The molecule has 1 fully saturated rings. The fraction of sp³-hybridized carbons (Fsp3) is 0.375. The van der Waals surface area contributed by atoms with Crippen LogP contribution in [0.15, 0.2) is 30.5 Å². The monoisotopic (exact) mass is 284 g/mol. The number of carbonyl (C=O) groups excluding carboxylic acids is 1. The summed E-state index contributed by atoms with van der Waals surface area (Å²) in [6.45, 7) is 6.68. The summed E-state index contributed by atoms with van der Waals surface area (Å²) in [5.74, 6) is 1.40. The Morgan fingerprint density at radius 2 is 2.24 bits per heavy atom. The van der Waals surface area contributed by atoms with Crippen molar-refractivity contribution >= 4 is 5.91 Å². The zero-order valence-electron chi connectivity index (χ0n) is 12.4. The first-order chi connectivity index (χ1) is 10.2. The zero-order chi connectivity index (χ0) is 14.8. The SMILES string of the molecule is Cc1cc(C(=O)NCC2CNC2)c(C)n1-c1ccccn1. The molecule has 1 aliphatic rings. The summed E-state index contributed by atoms with van der Waals surface area (Å²) < 4.78 is 2.01. The molecular formula is C16H20N4O. The first-order valence-electron chi connectivity index (χ1n) is 7.26. The highest BCUT2D eigenvalue weighted by Crippen LogP contribution is 2.19. The van der Waals surface area contributed by atoms with Crippen molar-refractivity contribution in [3.8, 4) is 5.82 Å². The second-order valence-electron chi connectivity index (χ2n) is 5.54. The lowest BCUT2D eigenvalue weighted by molar-refractivity contribution is 0.0941. The van der Waals surface area contributed by atoms with E-state index in [4.69, 9.17) is 0 Å². The molecule has 110 valence electrons. The van der Waals surface area contributed by atoms with Crippen molar-refractivity contribution in [2.24, 2.45) is 5.92 Å². The van der Waals surface area contributed by atoms with Crippen LogP contribution < -0.4 is 10.6 Å². The Morgan fingerprint density at radius 1 is 1.43 bits per heavy atom. The summed E-state index contributed by atoms with van der Waals surface area (Å²) >= 11 is 0. The second kappa shape index (κ2) is 5.69. The number of hydrogen-bond donors (Lipinski definition) is 2. The van der Waals surface area contributed by atoms with E-state index in [1.165, 1.54) is 0 Å². The predicted molar refractivity (Wildman–Crippen MR) is 81.7 cm³/mol. The van der Waals surface area contributed by atoms with Gasteiger partial charge in [0.05, 0.1) is 5.56 Å². The van der Waals surface area contributed by atoms with Gasteiger partial charge in [-0.2, -0.15) is 0 Å². The van der Waals surface area contributed by atoms with Crippen molar-refractivity contribution in [1.82, 2.24) is 20.2 Å². The van der Waals surface area contributed by atoms with Gasteiger partial charge < -0.3 is 15.2 Å². The van der Waals surface area contributed by atoms with Crippen LogP contribution in [0.3, 0.4) is 0 Å². The minimum Gasteiger partial charge on any atom is -0.352 e. The molecule has 2 N–H and O–H groups in total. The van der Waals surface area contributed by atoms with Crippen molar-refractivity contribution in [1.29, 1.82) is 0 Å². The quantitative estimate of drug-likeness (QED) is 0.893. The summed E-state index contributed by atoms with van der Waals surface area (Å²) in [6.07, 6.45) is 1.76. The standard InChI is InChI=1S/C16H20N4O/c1-11-7-14(16(21)19-10-13-8-17-9-13)12(2)20(11)15-5-3-4-6-18-15/h3-7,13,17H,8-10H2,1-2H3,(H,19,21). The molecule has 0 atom stereocenters. The van der Waals surface area contributed by atoms with Crippen LogP contribution in [0, 0.1) is 19.8 Å². The minimum absolute atomic E-state index is 0.00261. The van der Waals surface area contributed by atoms with Gasteiger partial charge in [0.15, 0.2) is 0 Å². The molecule has 1 saturated heterocycles. The van der Waals surface area contributed by atoms with Crippen molar-refractivity contribution in [3.63, 3.8) is 0 Å². The first-order valence-corrected chi connectivity index (χ1v) is 7.26. The van der Waals surface area contributed by atoms with Crippen LogP contribution in [0.25, 0.3) is 5.82 Å². The van der Waals surface area contributed by atoms with Gasteiger partial charge in [-0.25, -0.2) is 4.98 Å². The zero-order valence-corrected chi connectivity index (χ0v) is 12.4. The summed E-state index contributed by atoms with van der Waals surface area (Å²) in [5, 5.41) is 6.23. The van der Waals surface area contributed by atoms with Gasteiger partial charge in [0.25, 0.3) is 5.91 Å². The molecule has 0 aromatic carbocycles. The van der Waals surface area contributed by atoms with Gasteiger partial charge in [0, 0.05) is 43.1 Å². The van der Waals surface area contributed by atoms with Crippen molar-refractivity contribution < 1.29 is 4.79 Å². The maximum Gasteiger partial charge on any atom is 0.253 e. The lowest BCUT2D eigenvalue weighted by Gasteiger charge is -2.27. The Hall–Kier alpha value is -2.14. The van der Waals surface area contributed by atoms with Gasteiger partial charge in [0.2, 0.25) is 0 Å². The number of amides is 1. The smallest absolute Gasteiger partial charge is 0.253 e. The Kier molecular flexibility index (Phi) is 3.75. The Bertz CT molecular complexity index is 644. The topological polar surface area (TPSA) is 59.0 Å². The molecule has 2 aromatic heterocycles. The summed E-state index contributed by atoms with van der Waals surface area (Å²) in [6, 6.07) is 7.71. The van der Waals surface area contributed by atoms with Gasteiger partial charge in [-0.3, -0.25) is 4.79 Å². The number of pyridine rings is 1.